The molecule has 0 aliphatic carbocycles. The van der Waals surface area contributed by atoms with E-state index in [1.54, 1.807) is 12.3 Å². The number of nitrogens with two attached hydrogens (primary N) is 2. The molecule has 0 fully saturated rings. The predicted molar refractivity (Wildman–Crippen MR) is 70.3 cm³/mol. The summed E-state index contributed by atoms with van der Waals surface area (Å²) in [6, 6.07) is 1.69. The highest BCUT2D eigenvalue weighted by molar-refractivity contribution is 6.31. The maximum atomic E-state index is 13.1. The van der Waals surface area contributed by atoms with Gasteiger partial charge >= 0.3 is 0 Å². The molecular formula is C11H8ClFN6. The van der Waals surface area contributed by atoms with Crippen LogP contribution in [0.2, 0.25) is 5.02 Å². The Morgan fingerprint density at radius 1 is 1.26 bits per heavy atom. The summed E-state index contributed by atoms with van der Waals surface area (Å²) in [6.07, 6.45) is 4.08. The van der Waals surface area contributed by atoms with E-state index in [0.717, 1.165) is 6.20 Å². The first-order valence-corrected chi connectivity index (χ1v) is 5.64. The predicted octanol–water partition coefficient (Wildman–Crippen LogP) is 1.58. The van der Waals surface area contributed by atoms with Gasteiger partial charge in [0, 0.05) is 23.3 Å². The fourth-order valence-electron chi connectivity index (χ4n) is 1.79. The van der Waals surface area contributed by atoms with Crippen molar-refractivity contribution in [2.24, 2.45) is 0 Å². The molecule has 0 amide bonds. The molecule has 6 nitrogen and oxygen atoms in total. The van der Waals surface area contributed by atoms with E-state index in [4.69, 9.17) is 23.2 Å². The van der Waals surface area contributed by atoms with Crippen LogP contribution in [0.5, 0.6) is 0 Å². The highest BCUT2D eigenvalue weighted by Crippen LogP contribution is 2.28. The van der Waals surface area contributed by atoms with Crippen LogP contribution in [-0.4, -0.2) is 19.6 Å². The number of anilines is 1. The minimum atomic E-state index is -0.670. The molecule has 4 N–H and O–H groups in total. The first-order valence-electron chi connectivity index (χ1n) is 5.26. The van der Waals surface area contributed by atoms with Gasteiger partial charge < -0.3 is 11.6 Å². The molecule has 19 heavy (non-hydrogen) atoms. The maximum absolute atomic E-state index is 13.1. The van der Waals surface area contributed by atoms with Crippen molar-refractivity contribution in [2.75, 3.05) is 11.6 Å². The second-order valence-electron chi connectivity index (χ2n) is 3.90. The van der Waals surface area contributed by atoms with E-state index in [0.29, 0.717) is 21.6 Å². The zero-order valence-corrected chi connectivity index (χ0v) is 10.3. The Hall–Kier alpha value is -2.41. The van der Waals surface area contributed by atoms with Gasteiger partial charge in [-0.2, -0.15) is 0 Å². The van der Waals surface area contributed by atoms with Crippen LogP contribution >= 0.6 is 11.6 Å². The number of fused-ring (bicyclic) bond motifs is 1. The standard InChI is InChI=1S/C11H8ClFN6/c12-5-1-6-7(4-19(15)11(6)17-2-5)10-16-3-8(13)9(14)18-10/h1-4H,15H2,(H2,14,16,18). The Morgan fingerprint density at radius 3 is 2.79 bits per heavy atom. The van der Waals surface area contributed by atoms with Gasteiger partial charge in [-0.25, -0.2) is 19.3 Å². The molecule has 0 saturated carbocycles. The summed E-state index contributed by atoms with van der Waals surface area (Å²) >= 11 is 5.91. The Bertz CT molecular complexity index is 784. The van der Waals surface area contributed by atoms with Gasteiger partial charge in [0.05, 0.1) is 11.2 Å². The third kappa shape index (κ3) is 1.84. The number of nitrogens with zero attached hydrogens (tertiary/aromatic N) is 4. The van der Waals surface area contributed by atoms with E-state index in [2.05, 4.69) is 15.0 Å². The molecule has 3 rings (SSSR count). The van der Waals surface area contributed by atoms with Gasteiger partial charge in [0.15, 0.2) is 23.1 Å². The molecule has 96 valence electrons. The lowest BCUT2D eigenvalue weighted by Crippen LogP contribution is -2.06. The van der Waals surface area contributed by atoms with E-state index in [9.17, 15) is 4.39 Å². The molecule has 0 radical (unpaired) electrons. The first-order chi connectivity index (χ1) is 9.06. The van der Waals surface area contributed by atoms with Crippen LogP contribution in [0.3, 0.4) is 0 Å². The summed E-state index contributed by atoms with van der Waals surface area (Å²) in [5.74, 6) is 5.15. The summed E-state index contributed by atoms with van der Waals surface area (Å²) in [5, 5.41) is 1.12. The van der Waals surface area contributed by atoms with Crippen molar-refractivity contribution in [3.63, 3.8) is 0 Å². The van der Waals surface area contributed by atoms with Crippen molar-refractivity contribution < 1.29 is 4.39 Å². The number of pyridine rings is 1. The Labute approximate surface area is 111 Å². The molecule has 0 unspecified atom stereocenters. The SMILES string of the molecule is Nc1nc(-c2cn(N)c3ncc(Cl)cc23)ncc1F. The van der Waals surface area contributed by atoms with Crippen molar-refractivity contribution in [1.82, 2.24) is 19.6 Å². The molecule has 3 aromatic heterocycles. The fraction of sp³-hybridized carbons (Fsp3) is 0. The van der Waals surface area contributed by atoms with Crippen molar-refractivity contribution in [1.29, 1.82) is 0 Å². The summed E-state index contributed by atoms with van der Waals surface area (Å²) in [5.41, 5.74) is 6.53. The van der Waals surface area contributed by atoms with Crippen LogP contribution in [0, 0.1) is 5.82 Å². The number of halogens is 2. The first kappa shape index (κ1) is 11.7. The highest BCUT2D eigenvalue weighted by Gasteiger charge is 2.14. The minimum Gasteiger partial charge on any atom is -0.381 e. The second-order valence-corrected chi connectivity index (χ2v) is 4.34. The zero-order valence-electron chi connectivity index (χ0n) is 9.51. The normalized spacial score (nSPS) is 11.1. The van der Waals surface area contributed by atoms with Crippen LogP contribution in [0.4, 0.5) is 10.2 Å². The lowest BCUT2D eigenvalue weighted by Gasteiger charge is -2.00. The van der Waals surface area contributed by atoms with Crippen LogP contribution in [0.1, 0.15) is 0 Å². The quantitative estimate of drug-likeness (QED) is 0.659. The molecule has 0 aromatic carbocycles. The number of hydrogen-bond donors (Lipinski definition) is 2. The molecule has 0 saturated heterocycles. The van der Waals surface area contributed by atoms with Crippen molar-refractivity contribution in [3.8, 4) is 11.4 Å². The largest absolute Gasteiger partial charge is 0.381 e. The van der Waals surface area contributed by atoms with Gasteiger partial charge in [0.25, 0.3) is 0 Å². The molecule has 0 aliphatic rings. The van der Waals surface area contributed by atoms with Crippen LogP contribution < -0.4 is 11.6 Å². The monoisotopic (exact) mass is 278 g/mol. The van der Waals surface area contributed by atoms with Gasteiger partial charge in [0.2, 0.25) is 0 Å². The van der Waals surface area contributed by atoms with Crippen LogP contribution in [0.15, 0.2) is 24.7 Å². The summed E-state index contributed by atoms with van der Waals surface area (Å²) < 4.78 is 14.4. The van der Waals surface area contributed by atoms with E-state index in [1.807, 2.05) is 0 Å². The molecule has 8 heteroatoms. The van der Waals surface area contributed by atoms with Crippen LogP contribution in [-0.2, 0) is 0 Å². The van der Waals surface area contributed by atoms with Gasteiger partial charge in [-0.1, -0.05) is 11.6 Å². The van der Waals surface area contributed by atoms with E-state index in [1.165, 1.54) is 10.9 Å². The lowest BCUT2D eigenvalue weighted by atomic mass is 10.2. The van der Waals surface area contributed by atoms with Crippen molar-refractivity contribution in [2.45, 2.75) is 0 Å². The summed E-state index contributed by atoms with van der Waals surface area (Å²) in [4.78, 5) is 11.9. The van der Waals surface area contributed by atoms with Gasteiger partial charge in [-0.3, -0.25) is 4.68 Å². The molecule has 0 aliphatic heterocycles. The maximum Gasteiger partial charge on any atom is 0.183 e. The average molecular weight is 279 g/mol. The Morgan fingerprint density at radius 2 is 2.05 bits per heavy atom. The van der Waals surface area contributed by atoms with Gasteiger partial charge in [-0.05, 0) is 6.07 Å². The third-order valence-corrected chi connectivity index (χ3v) is 2.86. The molecule has 0 bridgehead atoms. The Kier molecular flexibility index (Phi) is 2.49. The summed E-state index contributed by atoms with van der Waals surface area (Å²) in [6.45, 7) is 0. The van der Waals surface area contributed by atoms with Crippen LogP contribution in [0.25, 0.3) is 22.4 Å². The van der Waals surface area contributed by atoms with Gasteiger partial charge in [-0.15, -0.1) is 0 Å². The second kappa shape index (κ2) is 4.06. The molecule has 0 spiro atoms. The average Bonchev–Trinajstić information content (AvgIpc) is 2.70. The molecule has 3 heterocycles. The topological polar surface area (TPSA) is 95.6 Å². The number of aromatic nitrogens is 4. The number of hydrogen-bond acceptors (Lipinski definition) is 5. The van der Waals surface area contributed by atoms with Crippen molar-refractivity contribution in [3.05, 3.63) is 35.5 Å². The fourth-order valence-corrected chi connectivity index (χ4v) is 1.95. The van der Waals surface area contributed by atoms with Crippen molar-refractivity contribution >= 4 is 28.5 Å². The lowest BCUT2D eigenvalue weighted by molar-refractivity contribution is 0.620. The highest BCUT2D eigenvalue weighted by atomic mass is 35.5. The van der Waals surface area contributed by atoms with Gasteiger partial charge in [0.1, 0.15) is 0 Å². The van der Waals surface area contributed by atoms with E-state index in [-0.39, 0.29) is 11.6 Å². The van der Waals surface area contributed by atoms with E-state index >= 15 is 0 Å². The Balaban J connectivity index is 2.29. The molecule has 3 aromatic rings. The smallest absolute Gasteiger partial charge is 0.183 e. The number of nitrogen functional groups attached to an aromatic ring is 2. The minimum absolute atomic E-state index is 0.224. The third-order valence-electron chi connectivity index (χ3n) is 2.65. The zero-order chi connectivity index (χ0) is 13.6. The molecular weight excluding hydrogens is 271 g/mol. The summed E-state index contributed by atoms with van der Waals surface area (Å²) in [7, 11) is 0. The van der Waals surface area contributed by atoms with E-state index < -0.39 is 5.82 Å². The molecule has 0 atom stereocenters. The number of rotatable bonds is 1.